The molecule has 0 bridgehead atoms. The molecule has 0 saturated carbocycles. The maximum Gasteiger partial charge on any atom is 0.244 e. The highest BCUT2D eigenvalue weighted by atomic mass is 35.5. The summed E-state index contributed by atoms with van der Waals surface area (Å²) in [6.45, 7) is 7.14. The molecule has 0 aliphatic rings. The zero-order valence-electron chi connectivity index (χ0n) is 19.1. The highest BCUT2D eigenvalue weighted by Crippen LogP contribution is 2.26. The summed E-state index contributed by atoms with van der Waals surface area (Å²) in [6, 6.07) is 11.5. The second-order valence-electron chi connectivity index (χ2n) is 7.67. The van der Waals surface area contributed by atoms with Gasteiger partial charge in [0.15, 0.2) is 0 Å². The number of carbonyl (C=O) groups excluding carboxylic acids is 2. The first-order valence-corrected chi connectivity index (χ1v) is 12.5. The molecule has 2 aromatic carbocycles. The van der Waals surface area contributed by atoms with E-state index in [1.165, 1.54) is 4.90 Å². The molecule has 9 heteroatoms. The minimum absolute atomic E-state index is 0.0706. The van der Waals surface area contributed by atoms with Gasteiger partial charge in [-0.2, -0.15) is 0 Å². The molecule has 0 unspecified atom stereocenters. The first kappa shape index (κ1) is 25.7. The zero-order valence-corrected chi connectivity index (χ0v) is 20.6. The Bertz CT molecular complexity index is 1090. The lowest BCUT2D eigenvalue weighted by Gasteiger charge is -2.32. The predicted molar refractivity (Wildman–Crippen MR) is 128 cm³/mol. The third-order valence-electron chi connectivity index (χ3n) is 5.34. The van der Waals surface area contributed by atoms with E-state index in [9.17, 15) is 18.0 Å². The maximum absolute atomic E-state index is 13.4. The fourth-order valence-electron chi connectivity index (χ4n) is 3.32. The van der Waals surface area contributed by atoms with Gasteiger partial charge in [-0.05, 0) is 56.5 Å². The van der Waals surface area contributed by atoms with Crippen molar-refractivity contribution in [3.63, 3.8) is 0 Å². The number of rotatable bonds is 9. The predicted octanol–water partition coefficient (Wildman–Crippen LogP) is 3.28. The Balaban J connectivity index is 2.45. The van der Waals surface area contributed by atoms with Gasteiger partial charge < -0.3 is 10.2 Å². The molecule has 0 saturated heterocycles. The summed E-state index contributed by atoms with van der Waals surface area (Å²) in [7, 11) is -3.76. The number of nitrogens with zero attached hydrogens (tertiary/aromatic N) is 2. The molecule has 0 radical (unpaired) electrons. The van der Waals surface area contributed by atoms with Crippen molar-refractivity contribution < 1.29 is 18.0 Å². The number of anilines is 1. The Labute approximate surface area is 195 Å². The first-order valence-electron chi connectivity index (χ1n) is 10.3. The Morgan fingerprint density at radius 2 is 1.75 bits per heavy atom. The van der Waals surface area contributed by atoms with Crippen molar-refractivity contribution in [2.24, 2.45) is 0 Å². The maximum atomic E-state index is 13.4. The monoisotopic (exact) mass is 479 g/mol. The van der Waals surface area contributed by atoms with Crippen molar-refractivity contribution in [3.8, 4) is 0 Å². The third-order valence-corrected chi connectivity index (χ3v) is 6.84. The molecular formula is C23H30ClN3O4S. The van der Waals surface area contributed by atoms with Crippen LogP contribution in [-0.4, -0.2) is 50.5 Å². The Morgan fingerprint density at radius 3 is 2.34 bits per heavy atom. The lowest BCUT2D eigenvalue weighted by atomic mass is 10.1. The highest BCUT2D eigenvalue weighted by Gasteiger charge is 2.30. The first-order chi connectivity index (χ1) is 15.0. The number of likely N-dealkylation sites (N-methyl/N-ethyl adjacent to an activating group) is 1. The molecule has 0 aliphatic carbocycles. The van der Waals surface area contributed by atoms with Gasteiger partial charge in [-0.3, -0.25) is 13.9 Å². The fourth-order valence-corrected chi connectivity index (χ4v) is 4.41. The van der Waals surface area contributed by atoms with E-state index in [2.05, 4.69) is 5.32 Å². The number of aryl methyl sites for hydroxylation is 1. The second-order valence-corrected chi connectivity index (χ2v) is 9.99. The van der Waals surface area contributed by atoms with E-state index in [-0.39, 0.29) is 12.5 Å². The normalized spacial score (nSPS) is 12.2. The molecule has 1 N–H and O–H groups in total. The van der Waals surface area contributed by atoms with E-state index in [1.807, 2.05) is 19.9 Å². The average Bonchev–Trinajstić information content (AvgIpc) is 2.72. The molecule has 2 amide bonds. The minimum atomic E-state index is -3.76. The number of hydrogen-bond acceptors (Lipinski definition) is 4. The van der Waals surface area contributed by atoms with Crippen LogP contribution in [0.25, 0.3) is 0 Å². The van der Waals surface area contributed by atoms with Crippen LogP contribution in [0.15, 0.2) is 42.5 Å². The number of carbonyl (C=O) groups is 2. The molecule has 0 fully saturated rings. The van der Waals surface area contributed by atoms with Gasteiger partial charge in [0, 0.05) is 18.1 Å². The van der Waals surface area contributed by atoms with Gasteiger partial charge in [-0.25, -0.2) is 8.42 Å². The van der Waals surface area contributed by atoms with Crippen LogP contribution in [0.3, 0.4) is 0 Å². The molecule has 2 rings (SSSR count). The standard InChI is InChI=1S/C23H30ClN3O4S/c1-6-25-23(29)18(4)26(14-19-11-7-8-12-20(19)24)22(28)15-27(32(5,30)31)21-13-9-10-16(2)17(21)3/h7-13,18H,6,14-15H2,1-5H3,(H,25,29)/t18-/m1/s1. The van der Waals surface area contributed by atoms with Crippen LogP contribution in [0.1, 0.15) is 30.5 Å². The molecule has 174 valence electrons. The highest BCUT2D eigenvalue weighted by molar-refractivity contribution is 7.92. The van der Waals surface area contributed by atoms with Crippen LogP contribution >= 0.6 is 11.6 Å². The van der Waals surface area contributed by atoms with Crippen LogP contribution in [0, 0.1) is 13.8 Å². The van der Waals surface area contributed by atoms with Crippen molar-refractivity contribution >= 4 is 39.1 Å². The SMILES string of the molecule is CCNC(=O)[C@@H](C)N(Cc1ccccc1Cl)C(=O)CN(c1cccc(C)c1C)S(C)(=O)=O. The number of benzene rings is 2. The summed E-state index contributed by atoms with van der Waals surface area (Å²) in [5.74, 6) is -0.833. The molecular weight excluding hydrogens is 450 g/mol. The molecule has 1 atom stereocenters. The van der Waals surface area contributed by atoms with Gasteiger partial charge in [0.05, 0.1) is 11.9 Å². The summed E-state index contributed by atoms with van der Waals surface area (Å²) in [5.41, 5.74) is 2.77. The van der Waals surface area contributed by atoms with Gasteiger partial charge in [0.1, 0.15) is 12.6 Å². The number of sulfonamides is 1. The number of nitrogens with one attached hydrogen (secondary N) is 1. The topological polar surface area (TPSA) is 86.8 Å². The molecule has 2 aromatic rings. The van der Waals surface area contributed by atoms with E-state index in [0.717, 1.165) is 21.7 Å². The van der Waals surface area contributed by atoms with Crippen LogP contribution in [-0.2, 0) is 26.2 Å². The molecule has 0 aliphatic heterocycles. The van der Waals surface area contributed by atoms with Crippen LogP contribution in [0.4, 0.5) is 5.69 Å². The molecule has 0 aromatic heterocycles. The number of amides is 2. The van der Waals surface area contributed by atoms with Crippen molar-refractivity contribution in [1.82, 2.24) is 10.2 Å². The molecule has 7 nitrogen and oxygen atoms in total. The van der Waals surface area contributed by atoms with E-state index in [1.54, 1.807) is 50.2 Å². The Hall–Kier alpha value is -2.58. The minimum Gasteiger partial charge on any atom is -0.355 e. The quantitative estimate of drug-likeness (QED) is 0.598. The van der Waals surface area contributed by atoms with E-state index < -0.39 is 28.5 Å². The summed E-state index contributed by atoms with van der Waals surface area (Å²) in [5, 5.41) is 3.18. The van der Waals surface area contributed by atoms with Crippen molar-refractivity contribution in [2.75, 3.05) is 23.7 Å². The van der Waals surface area contributed by atoms with Gasteiger partial charge in [0.25, 0.3) is 0 Å². The van der Waals surface area contributed by atoms with E-state index in [0.29, 0.717) is 22.8 Å². The lowest BCUT2D eigenvalue weighted by Crippen LogP contribution is -2.51. The smallest absolute Gasteiger partial charge is 0.244 e. The van der Waals surface area contributed by atoms with E-state index in [4.69, 9.17) is 11.6 Å². The number of hydrogen-bond donors (Lipinski definition) is 1. The number of halogens is 1. The van der Waals surface area contributed by atoms with Crippen molar-refractivity contribution in [2.45, 2.75) is 40.3 Å². The van der Waals surface area contributed by atoms with Gasteiger partial charge >= 0.3 is 0 Å². The summed E-state index contributed by atoms with van der Waals surface area (Å²) < 4.78 is 26.3. The van der Waals surface area contributed by atoms with E-state index >= 15 is 0 Å². The van der Waals surface area contributed by atoms with Gasteiger partial charge in [-0.1, -0.05) is 41.9 Å². The zero-order chi connectivity index (χ0) is 24.1. The Morgan fingerprint density at radius 1 is 1.09 bits per heavy atom. The van der Waals surface area contributed by atoms with Gasteiger partial charge in [-0.15, -0.1) is 0 Å². The second kappa shape index (κ2) is 10.8. The summed E-state index contributed by atoms with van der Waals surface area (Å²) in [4.78, 5) is 27.3. The molecule has 0 spiro atoms. The van der Waals surface area contributed by atoms with Crippen molar-refractivity contribution in [1.29, 1.82) is 0 Å². The average molecular weight is 480 g/mol. The van der Waals surface area contributed by atoms with Crippen LogP contribution < -0.4 is 9.62 Å². The lowest BCUT2D eigenvalue weighted by molar-refractivity contribution is -0.139. The molecule has 0 heterocycles. The molecule has 32 heavy (non-hydrogen) atoms. The largest absolute Gasteiger partial charge is 0.355 e. The third kappa shape index (κ3) is 6.23. The van der Waals surface area contributed by atoms with Crippen molar-refractivity contribution in [3.05, 3.63) is 64.2 Å². The van der Waals surface area contributed by atoms with Gasteiger partial charge in [0.2, 0.25) is 21.8 Å². The fraction of sp³-hybridized carbons (Fsp3) is 0.391. The van der Waals surface area contributed by atoms with Crippen LogP contribution in [0.2, 0.25) is 5.02 Å². The van der Waals surface area contributed by atoms with Crippen LogP contribution in [0.5, 0.6) is 0 Å². The summed E-state index contributed by atoms with van der Waals surface area (Å²) in [6.07, 6.45) is 1.06. The Kier molecular flexibility index (Phi) is 8.69. The summed E-state index contributed by atoms with van der Waals surface area (Å²) >= 11 is 6.29.